The van der Waals surface area contributed by atoms with Gasteiger partial charge in [-0.3, -0.25) is 10.1 Å². The van der Waals surface area contributed by atoms with Crippen molar-refractivity contribution < 1.29 is 4.92 Å². The number of hydrogen-bond acceptors (Lipinski definition) is 6. The third-order valence-corrected chi connectivity index (χ3v) is 5.58. The van der Waals surface area contributed by atoms with Gasteiger partial charge < -0.3 is 11.1 Å². The number of nitrogens with zero attached hydrogens (tertiary/aromatic N) is 3. The van der Waals surface area contributed by atoms with Gasteiger partial charge in [0.1, 0.15) is 6.33 Å². The molecule has 3 N–H and O–H groups in total. The molecule has 1 heterocycles. The minimum absolute atomic E-state index is 0.0839. The maximum Gasteiger partial charge on any atom is 0.352 e. The average Bonchev–Trinajstić information content (AvgIpc) is 2.85. The molecular formula is C14H21N5O2. The Morgan fingerprint density at radius 3 is 2.71 bits per heavy atom. The van der Waals surface area contributed by atoms with Crippen molar-refractivity contribution in [2.75, 3.05) is 11.1 Å². The molecule has 2 saturated carbocycles. The number of hydrogen-bond donors (Lipinski definition) is 2. The van der Waals surface area contributed by atoms with Crippen LogP contribution in [0.5, 0.6) is 0 Å². The Labute approximate surface area is 123 Å². The van der Waals surface area contributed by atoms with Crippen LogP contribution >= 0.6 is 0 Å². The molecule has 2 fully saturated rings. The van der Waals surface area contributed by atoms with Crippen LogP contribution in [0.25, 0.3) is 0 Å². The number of nitrogens with two attached hydrogens (primary N) is 1. The second-order valence-electron chi connectivity index (χ2n) is 7.21. The van der Waals surface area contributed by atoms with Crippen LogP contribution in [0.3, 0.4) is 0 Å². The number of aromatic nitrogens is 2. The Bertz CT molecular complexity index is 598. The first kappa shape index (κ1) is 14.0. The molecule has 0 saturated heterocycles. The van der Waals surface area contributed by atoms with E-state index in [0.29, 0.717) is 5.92 Å². The maximum absolute atomic E-state index is 11.2. The molecule has 2 aliphatic rings. The highest BCUT2D eigenvalue weighted by atomic mass is 16.6. The number of rotatable bonds is 3. The van der Waals surface area contributed by atoms with E-state index in [2.05, 4.69) is 36.1 Å². The molecule has 0 aliphatic heterocycles. The van der Waals surface area contributed by atoms with Gasteiger partial charge in [-0.1, -0.05) is 20.8 Å². The monoisotopic (exact) mass is 291 g/mol. The van der Waals surface area contributed by atoms with Gasteiger partial charge in [0, 0.05) is 6.04 Å². The Balaban J connectivity index is 1.98. The lowest BCUT2D eigenvalue weighted by Crippen LogP contribution is -2.46. The first-order valence-corrected chi connectivity index (χ1v) is 7.27. The van der Waals surface area contributed by atoms with Gasteiger partial charge in [-0.25, -0.2) is 9.97 Å². The van der Waals surface area contributed by atoms with Gasteiger partial charge >= 0.3 is 5.69 Å². The van der Waals surface area contributed by atoms with Gasteiger partial charge in [-0.05, 0) is 36.0 Å². The molecular weight excluding hydrogens is 270 g/mol. The lowest BCUT2D eigenvalue weighted by molar-refractivity contribution is -0.383. The van der Waals surface area contributed by atoms with E-state index in [1.165, 1.54) is 12.7 Å². The van der Waals surface area contributed by atoms with Crippen molar-refractivity contribution >= 4 is 17.3 Å². The van der Waals surface area contributed by atoms with E-state index in [-0.39, 0.29) is 34.2 Å². The topological polar surface area (TPSA) is 107 Å². The van der Waals surface area contributed by atoms with Crippen molar-refractivity contribution in [2.24, 2.45) is 16.7 Å². The standard InChI is InChI=1S/C14H21N5O2/c1-13(2)8-4-5-14(3,6-8)12(13)18-11-9(19(20)21)10(15)16-7-17-11/h7-8,12H,4-6H2,1-3H3,(H3,15,16,17,18). The highest BCUT2D eigenvalue weighted by Crippen LogP contribution is 2.63. The number of nitrogens with one attached hydrogen (secondary N) is 1. The van der Waals surface area contributed by atoms with Crippen LogP contribution in [0.1, 0.15) is 40.0 Å². The van der Waals surface area contributed by atoms with Crippen LogP contribution in [0.15, 0.2) is 6.33 Å². The molecule has 114 valence electrons. The Kier molecular flexibility index (Phi) is 2.86. The summed E-state index contributed by atoms with van der Waals surface area (Å²) in [6.07, 6.45) is 4.81. The van der Waals surface area contributed by atoms with Crippen LogP contribution in [0.4, 0.5) is 17.3 Å². The molecule has 3 unspecified atom stereocenters. The van der Waals surface area contributed by atoms with Crippen LogP contribution < -0.4 is 11.1 Å². The number of nitro groups is 1. The van der Waals surface area contributed by atoms with Crippen molar-refractivity contribution in [3.8, 4) is 0 Å². The Morgan fingerprint density at radius 2 is 2.14 bits per heavy atom. The van der Waals surface area contributed by atoms with E-state index in [1.807, 2.05) is 0 Å². The Hall–Kier alpha value is -1.92. The molecule has 3 atom stereocenters. The Morgan fingerprint density at radius 1 is 1.43 bits per heavy atom. The molecule has 1 aromatic rings. The van der Waals surface area contributed by atoms with Crippen LogP contribution in [0.2, 0.25) is 0 Å². The summed E-state index contributed by atoms with van der Waals surface area (Å²) in [6, 6.07) is 0.150. The highest BCUT2D eigenvalue weighted by molar-refractivity contribution is 5.67. The van der Waals surface area contributed by atoms with Crippen molar-refractivity contribution in [3.63, 3.8) is 0 Å². The predicted molar refractivity (Wildman–Crippen MR) is 79.7 cm³/mol. The summed E-state index contributed by atoms with van der Waals surface area (Å²) < 4.78 is 0. The molecule has 1 aromatic heterocycles. The lowest BCUT2D eigenvalue weighted by Gasteiger charge is -2.43. The average molecular weight is 291 g/mol. The lowest BCUT2D eigenvalue weighted by atomic mass is 9.68. The molecule has 0 radical (unpaired) electrons. The van der Waals surface area contributed by atoms with E-state index >= 15 is 0 Å². The zero-order chi connectivity index (χ0) is 15.4. The van der Waals surface area contributed by atoms with Crippen LogP contribution in [-0.2, 0) is 0 Å². The van der Waals surface area contributed by atoms with Gasteiger partial charge in [-0.15, -0.1) is 0 Å². The van der Waals surface area contributed by atoms with E-state index in [0.717, 1.165) is 12.8 Å². The summed E-state index contributed by atoms with van der Waals surface area (Å²) in [5.74, 6) is 0.793. The van der Waals surface area contributed by atoms with Crippen molar-refractivity contribution in [2.45, 2.75) is 46.1 Å². The first-order valence-electron chi connectivity index (χ1n) is 7.27. The summed E-state index contributed by atoms with van der Waals surface area (Å²) in [4.78, 5) is 18.5. The van der Waals surface area contributed by atoms with E-state index in [1.54, 1.807) is 0 Å². The van der Waals surface area contributed by atoms with Crippen molar-refractivity contribution in [3.05, 3.63) is 16.4 Å². The van der Waals surface area contributed by atoms with Crippen LogP contribution in [0, 0.1) is 26.9 Å². The van der Waals surface area contributed by atoms with Gasteiger partial charge in [0.2, 0.25) is 11.6 Å². The summed E-state index contributed by atoms with van der Waals surface area (Å²) in [6.45, 7) is 6.72. The molecule has 2 aliphatic carbocycles. The maximum atomic E-state index is 11.2. The molecule has 7 heteroatoms. The van der Waals surface area contributed by atoms with E-state index in [9.17, 15) is 10.1 Å². The quantitative estimate of drug-likeness (QED) is 0.654. The predicted octanol–water partition coefficient (Wildman–Crippen LogP) is 2.59. The normalized spacial score (nSPS) is 33.1. The third kappa shape index (κ3) is 1.94. The van der Waals surface area contributed by atoms with Gasteiger partial charge in [0.25, 0.3) is 0 Å². The summed E-state index contributed by atoms with van der Waals surface area (Å²) in [5.41, 5.74) is 5.66. The fourth-order valence-corrected chi connectivity index (χ4v) is 4.48. The van der Waals surface area contributed by atoms with Gasteiger partial charge in [-0.2, -0.15) is 0 Å². The molecule has 7 nitrogen and oxygen atoms in total. The van der Waals surface area contributed by atoms with Gasteiger partial charge in [0.05, 0.1) is 4.92 Å². The third-order valence-electron chi connectivity index (χ3n) is 5.58. The minimum atomic E-state index is -0.514. The highest BCUT2D eigenvalue weighted by Gasteiger charge is 2.59. The van der Waals surface area contributed by atoms with Gasteiger partial charge in [0.15, 0.2) is 0 Å². The first-order chi connectivity index (χ1) is 9.75. The van der Waals surface area contributed by atoms with E-state index < -0.39 is 4.92 Å². The second-order valence-corrected chi connectivity index (χ2v) is 7.21. The fourth-order valence-electron chi connectivity index (χ4n) is 4.48. The molecule has 0 spiro atoms. The molecule has 21 heavy (non-hydrogen) atoms. The number of nitrogen functional groups attached to an aromatic ring is 1. The van der Waals surface area contributed by atoms with Crippen molar-refractivity contribution in [1.29, 1.82) is 0 Å². The molecule has 3 rings (SSSR count). The largest absolute Gasteiger partial charge is 0.378 e. The summed E-state index contributed by atoms with van der Waals surface area (Å²) in [5, 5.41) is 14.5. The smallest absolute Gasteiger partial charge is 0.352 e. The zero-order valence-corrected chi connectivity index (χ0v) is 12.6. The van der Waals surface area contributed by atoms with E-state index in [4.69, 9.17) is 5.73 Å². The minimum Gasteiger partial charge on any atom is -0.378 e. The number of fused-ring (bicyclic) bond motifs is 2. The zero-order valence-electron chi connectivity index (χ0n) is 12.6. The number of anilines is 2. The molecule has 0 amide bonds. The van der Waals surface area contributed by atoms with Crippen molar-refractivity contribution in [1.82, 2.24) is 9.97 Å². The second kappa shape index (κ2) is 4.29. The molecule has 0 aromatic carbocycles. The summed E-state index contributed by atoms with van der Waals surface area (Å²) in [7, 11) is 0. The fraction of sp³-hybridized carbons (Fsp3) is 0.714. The summed E-state index contributed by atoms with van der Waals surface area (Å²) >= 11 is 0. The molecule has 2 bridgehead atoms. The van der Waals surface area contributed by atoms with Crippen LogP contribution in [-0.4, -0.2) is 20.9 Å². The SMILES string of the molecule is CC12CCC(C1)C(C)(C)C2Nc1ncnc(N)c1[N+](=O)[O-].